The van der Waals surface area contributed by atoms with Crippen molar-refractivity contribution < 1.29 is 23.6 Å². The normalized spacial score (nSPS) is 11.0. The summed E-state index contributed by atoms with van der Waals surface area (Å²) in [7, 11) is 0. The maximum absolute atomic E-state index is 12.2. The van der Waals surface area contributed by atoms with Crippen molar-refractivity contribution in [1.82, 2.24) is 5.16 Å². The van der Waals surface area contributed by atoms with Crippen LogP contribution in [0.25, 0.3) is 11.1 Å². The Balaban J connectivity index is 1.47. The van der Waals surface area contributed by atoms with Gasteiger partial charge in [-0.25, -0.2) is 0 Å². The molecule has 0 fully saturated rings. The molecule has 0 aliphatic carbocycles. The highest BCUT2D eigenvalue weighted by Crippen LogP contribution is 2.36. The number of aldehydes is 1. The van der Waals surface area contributed by atoms with Crippen LogP contribution in [0.4, 0.5) is 0 Å². The van der Waals surface area contributed by atoms with Crippen molar-refractivity contribution in [2.75, 3.05) is 0 Å². The molecule has 7 heteroatoms. The van der Waals surface area contributed by atoms with Crippen molar-refractivity contribution in [3.63, 3.8) is 0 Å². The van der Waals surface area contributed by atoms with Crippen LogP contribution in [0.2, 0.25) is 0 Å². The van der Waals surface area contributed by atoms with Gasteiger partial charge in [0.1, 0.15) is 36.8 Å². The molecule has 0 bridgehead atoms. The first-order chi connectivity index (χ1) is 20.9. The number of hydrogen-bond donors (Lipinski definition) is 1. The lowest BCUT2D eigenvalue weighted by molar-refractivity contribution is 0.0991. The van der Waals surface area contributed by atoms with Crippen molar-refractivity contribution in [1.29, 1.82) is 0 Å². The number of carbonyl (C=O) groups excluding carboxylic acids is 2. The molecule has 2 N–H and O–H groups in total. The molecule has 1 amide bonds. The van der Waals surface area contributed by atoms with Gasteiger partial charge in [0.2, 0.25) is 0 Å². The summed E-state index contributed by atoms with van der Waals surface area (Å²) < 4.78 is 18.4. The number of nitrogens with zero attached hydrogens (tertiary/aromatic N) is 1. The second kappa shape index (κ2) is 13.7. The van der Waals surface area contributed by atoms with Crippen LogP contribution in [0.5, 0.6) is 11.5 Å². The van der Waals surface area contributed by atoms with E-state index >= 15 is 0 Å². The van der Waals surface area contributed by atoms with Crippen molar-refractivity contribution in [3.05, 3.63) is 136 Å². The van der Waals surface area contributed by atoms with Crippen molar-refractivity contribution >= 4 is 12.2 Å². The number of carbonyl (C=O) groups is 2. The quantitative estimate of drug-likeness (QED) is 0.148. The number of primary amides is 1. The Morgan fingerprint density at radius 2 is 1.44 bits per heavy atom. The summed E-state index contributed by atoms with van der Waals surface area (Å²) in [5.41, 5.74) is 11.6. The summed E-state index contributed by atoms with van der Waals surface area (Å²) in [4.78, 5) is 23.4. The van der Waals surface area contributed by atoms with E-state index in [-0.39, 0.29) is 11.6 Å². The van der Waals surface area contributed by atoms with E-state index in [0.29, 0.717) is 54.3 Å². The molecule has 0 aliphatic heterocycles. The monoisotopic (exact) mass is 574 g/mol. The van der Waals surface area contributed by atoms with Gasteiger partial charge in [0.05, 0.1) is 5.56 Å². The summed E-state index contributed by atoms with van der Waals surface area (Å²) in [5, 5.41) is 3.99. The number of aromatic nitrogens is 1. The smallest absolute Gasteiger partial charge is 0.271 e. The van der Waals surface area contributed by atoms with Crippen LogP contribution >= 0.6 is 0 Å². The molecule has 5 aromatic rings. The number of rotatable bonds is 13. The number of hydrogen-bond acceptors (Lipinski definition) is 6. The second-order valence-electron chi connectivity index (χ2n) is 10.6. The average molecular weight is 575 g/mol. The van der Waals surface area contributed by atoms with Gasteiger partial charge in [0.15, 0.2) is 5.69 Å². The van der Waals surface area contributed by atoms with Gasteiger partial charge in [-0.2, -0.15) is 0 Å². The lowest BCUT2D eigenvalue weighted by Crippen LogP contribution is -2.12. The van der Waals surface area contributed by atoms with Gasteiger partial charge in [0.25, 0.3) is 5.91 Å². The molecule has 0 aliphatic rings. The van der Waals surface area contributed by atoms with E-state index in [1.807, 2.05) is 66.7 Å². The maximum Gasteiger partial charge on any atom is 0.271 e. The minimum absolute atomic E-state index is 0.0573. The van der Waals surface area contributed by atoms with Gasteiger partial charge in [-0.05, 0) is 46.2 Å². The zero-order valence-electron chi connectivity index (χ0n) is 24.3. The van der Waals surface area contributed by atoms with Crippen LogP contribution in [0.3, 0.4) is 0 Å². The highest BCUT2D eigenvalue weighted by molar-refractivity contribution is 5.98. The molecule has 0 saturated heterocycles. The van der Waals surface area contributed by atoms with Crippen LogP contribution in [-0.2, 0) is 26.1 Å². The molecule has 4 aromatic carbocycles. The van der Waals surface area contributed by atoms with Crippen molar-refractivity contribution in [2.24, 2.45) is 5.73 Å². The fourth-order valence-electron chi connectivity index (χ4n) is 4.94. The summed E-state index contributed by atoms with van der Waals surface area (Å²) in [6.07, 6.45) is 1.76. The molecular weight excluding hydrogens is 540 g/mol. The second-order valence-corrected chi connectivity index (χ2v) is 10.6. The van der Waals surface area contributed by atoms with E-state index < -0.39 is 5.91 Å². The van der Waals surface area contributed by atoms with E-state index in [1.165, 1.54) is 0 Å². The Hall–Kier alpha value is -5.17. The SMILES string of the molecule is CC(C)c1cc(CCc2onc(C(N)=O)c2-c2ccc(C=O)cc2)c(OCc2ccccc2)cc1OCc1ccccc1. The molecule has 43 heavy (non-hydrogen) atoms. The summed E-state index contributed by atoms with van der Waals surface area (Å²) >= 11 is 0. The predicted octanol–water partition coefficient (Wildman–Crippen LogP) is 7.32. The first-order valence-electron chi connectivity index (χ1n) is 14.3. The molecule has 5 rings (SSSR count). The molecule has 0 atom stereocenters. The lowest BCUT2D eigenvalue weighted by atomic mass is 9.95. The van der Waals surface area contributed by atoms with Gasteiger partial charge < -0.3 is 19.7 Å². The average Bonchev–Trinajstić information content (AvgIpc) is 3.47. The van der Waals surface area contributed by atoms with Crippen LogP contribution in [0.1, 0.15) is 68.6 Å². The minimum Gasteiger partial charge on any atom is -0.488 e. The number of amides is 1. The van der Waals surface area contributed by atoms with Crippen molar-refractivity contribution in [3.8, 4) is 22.6 Å². The topological polar surface area (TPSA) is 105 Å². The molecule has 7 nitrogen and oxygen atoms in total. The summed E-state index contributed by atoms with van der Waals surface area (Å²) in [6.45, 7) is 5.11. The summed E-state index contributed by atoms with van der Waals surface area (Å²) in [6, 6.07) is 31.1. The zero-order chi connectivity index (χ0) is 30.2. The third kappa shape index (κ3) is 7.19. The molecule has 1 heterocycles. The fourth-order valence-corrected chi connectivity index (χ4v) is 4.94. The predicted molar refractivity (Wildman–Crippen MR) is 165 cm³/mol. The van der Waals surface area contributed by atoms with Gasteiger partial charge in [-0.1, -0.05) is 104 Å². The Bertz CT molecular complexity index is 1680. The van der Waals surface area contributed by atoms with E-state index in [2.05, 4.69) is 25.1 Å². The van der Waals surface area contributed by atoms with Gasteiger partial charge in [-0.3, -0.25) is 9.59 Å². The highest BCUT2D eigenvalue weighted by Gasteiger charge is 2.23. The molecule has 218 valence electrons. The number of nitrogens with two attached hydrogens (primary N) is 1. The summed E-state index contributed by atoms with van der Waals surface area (Å²) in [5.74, 6) is 1.53. The standard InChI is InChI=1S/C36H34N2O5/c1-24(2)30-19-29(17-18-31-34(35(36(37)40)38-43-31)28-15-13-25(21-39)14-16-28)32(41-22-26-9-5-3-6-10-26)20-33(30)42-23-27-11-7-4-8-12-27/h3-16,19-21,24H,17-18,22-23H2,1-2H3,(H2,37,40). The maximum atomic E-state index is 12.2. The molecule has 1 aromatic heterocycles. The fraction of sp³-hybridized carbons (Fsp3) is 0.194. The Labute approximate surface area is 251 Å². The van der Waals surface area contributed by atoms with E-state index in [1.54, 1.807) is 24.3 Å². The third-order valence-electron chi connectivity index (χ3n) is 7.24. The highest BCUT2D eigenvalue weighted by atomic mass is 16.5. The van der Waals surface area contributed by atoms with E-state index in [9.17, 15) is 9.59 Å². The van der Waals surface area contributed by atoms with Crippen LogP contribution in [0, 0.1) is 0 Å². The first kappa shape index (κ1) is 29.3. The van der Waals surface area contributed by atoms with Crippen LogP contribution in [0.15, 0.2) is 102 Å². The van der Waals surface area contributed by atoms with E-state index in [4.69, 9.17) is 19.7 Å². The molecular formula is C36H34N2O5. The van der Waals surface area contributed by atoms with Crippen LogP contribution < -0.4 is 15.2 Å². The lowest BCUT2D eigenvalue weighted by Gasteiger charge is -2.20. The zero-order valence-corrected chi connectivity index (χ0v) is 24.3. The third-order valence-corrected chi connectivity index (χ3v) is 7.24. The number of ether oxygens (including phenoxy) is 2. The van der Waals surface area contributed by atoms with Crippen molar-refractivity contribution in [2.45, 2.75) is 45.8 Å². The minimum atomic E-state index is -0.682. The largest absolute Gasteiger partial charge is 0.488 e. The Kier molecular flexibility index (Phi) is 9.32. The molecule has 0 saturated carbocycles. The molecule has 0 unspecified atom stereocenters. The van der Waals surface area contributed by atoms with Gasteiger partial charge in [-0.15, -0.1) is 0 Å². The number of aryl methyl sites for hydroxylation is 2. The molecule has 0 radical (unpaired) electrons. The Morgan fingerprint density at radius 3 is 2.00 bits per heavy atom. The van der Waals surface area contributed by atoms with E-state index in [0.717, 1.165) is 34.3 Å². The Morgan fingerprint density at radius 1 is 0.837 bits per heavy atom. The molecule has 0 spiro atoms. The number of benzene rings is 4. The van der Waals surface area contributed by atoms with Gasteiger partial charge >= 0.3 is 0 Å². The van der Waals surface area contributed by atoms with Crippen LogP contribution in [-0.4, -0.2) is 17.4 Å². The van der Waals surface area contributed by atoms with Gasteiger partial charge in [0, 0.05) is 18.1 Å². The first-order valence-corrected chi connectivity index (χ1v) is 14.3.